The first kappa shape index (κ1) is 16.2. The fraction of sp³-hybridized carbons (Fsp3) is 0.579. The highest BCUT2D eigenvalue weighted by atomic mass is 16.4. The van der Waals surface area contributed by atoms with Crippen molar-refractivity contribution in [2.24, 2.45) is 17.8 Å². The van der Waals surface area contributed by atoms with E-state index in [0.717, 1.165) is 18.5 Å². The first-order chi connectivity index (χ1) is 11.1. The van der Waals surface area contributed by atoms with Gasteiger partial charge in [0.05, 0.1) is 12.0 Å². The van der Waals surface area contributed by atoms with Crippen LogP contribution in [0, 0.1) is 17.8 Å². The van der Waals surface area contributed by atoms with Crippen molar-refractivity contribution >= 4 is 11.8 Å². The summed E-state index contributed by atoms with van der Waals surface area (Å²) in [6.07, 6.45) is 5.31. The summed E-state index contributed by atoms with van der Waals surface area (Å²) in [5.41, 5.74) is 0.975. The number of carbonyl (C=O) groups excluding carboxylic acids is 1. The largest absolute Gasteiger partial charge is 0.481 e. The number of hydrogen-bond acceptors (Lipinski definition) is 3. The van der Waals surface area contributed by atoms with E-state index >= 15 is 0 Å². The van der Waals surface area contributed by atoms with Crippen LogP contribution < -0.4 is 5.32 Å². The molecule has 0 aromatic heterocycles. The zero-order valence-electron chi connectivity index (χ0n) is 13.4. The number of ketones is 1. The van der Waals surface area contributed by atoms with E-state index in [1.807, 2.05) is 30.3 Å². The molecular weight excluding hydrogens is 290 g/mol. The summed E-state index contributed by atoms with van der Waals surface area (Å²) >= 11 is 0. The van der Waals surface area contributed by atoms with Crippen molar-refractivity contribution < 1.29 is 14.7 Å². The van der Waals surface area contributed by atoms with E-state index in [0.29, 0.717) is 18.3 Å². The van der Waals surface area contributed by atoms with Gasteiger partial charge in [-0.25, -0.2) is 0 Å². The Hall–Kier alpha value is -1.68. The monoisotopic (exact) mass is 315 g/mol. The molecule has 2 fully saturated rings. The molecule has 1 saturated carbocycles. The number of fused-ring (bicyclic) bond motifs is 1. The Morgan fingerprint density at radius 2 is 1.91 bits per heavy atom. The maximum absolute atomic E-state index is 12.7. The Balaban J connectivity index is 1.63. The minimum atomic E-state index is -0.875. The minimum Gasteiger partial charge on any atom is -0.481 e. The van der Waals surface area contributed by atoms with Crippen molar-refractivity contribution in [2.45, 2.75) is 44.6 Å². The summed E-state index contributed by atoms with van der Waals surface area (Å²) in [5.74, 6) is -0.394. The Labute approximate surface area is 137 Å². The second-order valence-electron chi connectivity index (χ2n) is 6.99. The third-order valence-corrected chi connectivity index (χ3v) is 5.46. The molecule has 1 aromatic carbocycles. The van der Waals surface area contributed by atoms with E-state index in [2.05, 4.69) is 5.32 Å². The highest BCUT2D eigenvalue weighted by Crippen LogP contribution is 2.36. The molecule has 0 bridgehead atoms. The number of hydrogen-bond donors (Lipinski definition) is 2. The average molecular weight is 315 g/mol. The zero-order valence-corrected chi connectivity index (χ0v) is 13.4. The fourth-order valence-electron chi connectivity index (χ4n) is 4.23. The first-order valence-corrected chi connectivity index (χ1v) is 8.68. The van der Waals surface area contributed by atoms with Gasteiger partial charge in [0.2, 0.25) is 0 Å². The summed E-state index contributed by atoms with van der Waals surface area (Å²) in [5, 5.41) is 12.9. The van der Waals surface area contributed by atoms with E-state index in [1.54, 1.807) is 0 Å². The van der Waals surface area contributed by atoms with Crippen molar-refractivity contribution in [3.8, 4) is 0 Å². The first-order valence-electron chi connectivity index (χ1n) is 8.68. The topological polar surface area (TPSA) is 66.4 Å². The van der Waals surface area contributed by atoms with Crippen LogP contribution in [0.15, 0.2) is 30.3 Å². The molecule has 0 radical (unpaired) electrons. The Kier molecular flexibility index (Phi) is 5.11. The molecular formula is C19H25NO3. The van der Waals surface area contributed by atoms with Crippen LogP contribution in [-0.4, -0.2) is 29.4 Å². The van der Waals surface area contributed by atoms with Crippen molar-refractivity contribution in [3.05, 3.63) is 35.9 Å². The maximum Gasteiger partial charge on any atom is 0.307 e. The molecule has 124 valence electrons. The predicted octanol–water partition coefficient (Wildman–Crippen LogP) is 2.67. The summed E-state index contributed by atoms with van der Waals surface area (Å²) in [4.78, 5) is 24.2. The molecule has 23 heavy (non-hydrogen) atoms. The average Bonchev–Trinajstić information content (AvgIpc) is 2.99. The molecule has 4 nitrogen and oxygen atoms in total. The smallest absolute Gasteiger partial charge is 0.307 e. The predicted molar refractivity (Wildman–Crippen MR) is 88.1 cm³/mol. The molecule has 1 saturated heterocycles. The van der Waals surface area contributed by atoms with Gasteiger partial charge in [-0.1, -0.05) is 43.2 Å². The molecule has 0 amide bonds. The van der Waals surface area contributed by atoms with Gasteiger partial charge in [-0.15, -0.1) is 0 Å². The van der Waals surface area contributed by atoms with Crippen LogP contribution in [0.5, 0.6) is 0 Å². The number of aliphatic carboxylic acids is 1. The van der Waals surface area contributed by atoms with E-state index in [9.17, 15) is 14.7 Å². The van der Waals surface area contributed by atoms with Gasteiger partial charge < -0.3 is 10.4 Å². The molecule has 3 rings (SSSR count). The molecule has 4 heteroatoms. The van der Waals surface area contributed by atoms with Crippen LogP contribution in [-0.2, 0) is 16.0 Å². The summed E-state index contributed by atoms with van der Waals surface area (Å²) < 4.78 is 0. The number of rotatable bonds is 6. The summed E-state index contributed by atoms with van der Waals surface area (Å²) in [6.45, 7) is 0.914. The van der Waals surface area contributed by atoms with Crippen LogP contribution in [0.3, 0.4) is 0 Å². The minimum absolute atomic E-state index is 0.0859. The van der Waals surface area contributed by atoms with Crippen molar-refractivity contribution in [2.75, 3.05) is 6.54 Å². The van der Waals surface area contributed by atoms with Crippen LogP contribution in [0.25, 0.3) is 0 Å². The van der Waals surface area contributed by atoms with Crippen molar-refractivity contribution in [1.29, 1.82) is 0 Å². The molecule has 1 aliphatic heterocycles. The molecule has 2 aliphatic rings. The van der Waals surface area contributed by atoms with Gasteiger partial charge in [0, 0.05) is 6.42 Å². The van der Waals surface area contributed by atoms with E-state index in [1.165, 1.54) is 19.3 Å². The molecule has 1 aromatic rings. The van der Waals surface area contributed by atoms with E-state index in [4.69, 9.17) is 0 Å². The number of carbonyl (C=O) groups is 2. The summed E-state index contributed by atoms with van der Waals surface area (Å²) in [7, 11) is 0. The van der Waals surface area contributed by atoms with Crippen LogP contribution in [0.2, 0.25) is 0 Å². The fourth-order valence-corrected chi connectivity index (χ4v) is 4.23. The highest BCUT2D eigenvalue weighted by molar-refractivity contribution is 5.88. The van der Waals surface area contributed by atoms with Gasteiger partial charge in [0.1, 0.15) is 0 Å². The van der Waals surface area contributed by atoms with Crippen molar-refractivity contribution in [1.82, 2.24) is 5.32 Å². The number of carboxylic acids is 1. The standard InChI is InChI=1S/C19H25NO3/c21-17(18-16-9-5-4-8-14(16)12-20-18)11-15(19(22)23)10-13-6-2-1-3-7-13/h1-3,6-7,14-16,18,20H,4-5,8-12H2,(H,22,23). The number of Topliss-reactive ketones (excluding diaryl/α,β-unsaturated/α-hetero) is 1. The molecule has 4 unspecified atom stereocenters. The van der Waals surface area contributed by atoms with Gasteiger partial charge in [0.25, 0.3) is 0 Å². The van der Waals surface area contributed by atoms with Crippen LogP contribution in [0.1, 0.15) is 37.7 Å². The zero-order chi connectivity index (χ0) is 16.2. The van der Waals surface area contributed by atoms with E-state index < -0.39 is 11.9 Å². The lowest BCUT2D eigenvalue weighted by atomic mass is 9.76. The quantitative estimate of drug-likeness (QED) is 0.847. The lowest BCUT2D eigenvalue weighted by Gasteiger charge is -2.28. The maximum atomic E-state index is 12.7. The van der Waals surface area contributed by atoms with Gasteiger partial charge in [-0.2, -0.15) is 0 Å². The highest BCUT2D eigenvalue weighted by Gasteiger charge is 2.41. The van der Waals surface area contributed by atoms with Gasteiger partial charge >= 0.3 is 5.97 Å². The third kappa shape index (κ3) is 3.81. The molecule has 1 heterocycles. The second-order valence-corrected chi connectivity index (χ2v) is 6.99. The van der Waals surface area contributed by atoms with Gasteiger partial charge in [0.15, 0.2) is 5.78 Å². The number of carboxylic acid groups (broad SMARTS) is 1. The van der Waals surface area contributed by atoms with E-state index in [-0.39, 0.29) is 18.2 Å². The normalized spacial score (nSPS) is 28.1. The van der Waals surface area contributed by atoms with Crippen molar-refractivity contribution in [3.63, 3.8) is 0 Å². The molecule has 2 N–H and O–H groups in total. The third-order valence-electron chi connectivity index (χ3n) is 5.46. The Morgan fingerprint density at radius 3 is 2.65 bits per heavy atom. The Morgan fingerprint density at radius 1 is 1.17 bits per heavy atom. The SMILES string of the molecule is O=C(O)C(CC(=O)C1NCC2CCCCC21)Cc1ccccc1. The molecule has 0 spiro atoms. The number of benzene rings is 1. The van der Waals surface area contributed by atoms with Gasteiger partial charge in [-0.3, -0.25) is 9.59 Å². The summed E-state index contributed by atoms with van der Waals surface area (Å²) in [6, 6.07) is 9.44. The van der Waals surface area contributed by atoms with Crippen LogP contribution in [0.4, 0.5) is 0 Å². The van der Waals surface area contributed by atoms with Crippen LogP contribution >= 0.6 is 0 Å². The number of nitrogens with one attached hydrogen (secondary N) is 1. The molecule has 4 atom stereocenters. The lowest BCUT2D eigenvalue weighted by Crippen LogP contribution is -2.38. The lowest BCUT2D eigenvalue weighted by molar-refractivity contribution is -0.144. The Bertz CT molecular complexity index is 557. The van der Waals surface area contributed by atoms with Gasteiger partial charge in [-0.05, 0) is 43.2 Å². The molecule has 1 aliphatic carbocycles. The second kappa shape index (κ2) is 7.26.